The first-order valence-electron chi connectivity index (χ1n) is 10.4. The third kappa shape index (κ3) is 5.62. The van der Waals surface area contributed by atoms with E-state index >= 15 is 0 Å². The van der Waals surface area contributed by atoms with Crippen LogP contribution >= 0.6 is 0 Å². The Morgan fingerprint density at radius 3 is 1.88 bits per heavy atom. The molecule has 6 nitrogen and oxygen atoms in total. The van der Waals surface area contributed by atoms with Crippen LogP contribution in [0.3, 0.4) is 0 Å². The molecule has 0 aliphatic carbocycles. The number of hydrogen-bond acceptors (Lipinski definition) is 5. The number of methoxy groups -OCH3 is 1. The van der Waals surface area contributed by atoms with Gasteiger partial charge in [-0.1, -0.05) is 24.3 Å². The van der Waals surface area contributed by atoms with Crippen LogP contribution in [0.4, 0.5) is 13.6 Å². The van der Waals surface area contributed by atoms with Crippen molar-refractivity contribution in [3.63, 3.8) is 0 Å². The topological polar surface area (TPSA) is 59.1 Å². The van der Waals surface area contributed by atoms with Crippen LogP contribution in [0.2, 0.25) is 0 Å². The van der Waals surface area contributed by atoms with Crippen molar-refractivity contribution in [3.8, 4) is 0 Å². The summed E-state index contributed by atoms with van der Waals surface area (Å²) in [5.74, 6) is -1.27. The second-order valence-corrected chi connectivity index (χ2v) is 8.71. The Labute approximate surface area is 186 Å². The van der Waals surface area contributed by atoms with Crippen LogP contribution < -0.4 is 0 Å². The monoisotopic (exact) mass is 446 g/mol. The number of carbonyl (C=O) groups excluding carboxylic acids is 2. The minimum atomic E-state index is -0.790. The molecule has 0 spiro atoms. The Morgan fingerprint density at radius 1 is 0.938 bits per heavy atom. The lowest BCUT2D eigenvalue weighted by molar-refractivity contribution is -0.150. The molecule has 3 rings (SSSR count). The van der Waals surface area contributed by atoms with Gasteiger partial charge in [0.2, 0.25) is 0 Å². The summed E-state index contributed by atoms with van der Waals surface area (Å²) in [6.07, 6.45) is -0.508. The molecule has 2 aromatic rings. The van der Waals surface area contributed by atoms with E-state index in [0.717, 1.165) is 11.1 Å². The van der Waals surface area contributed by atoms with Gasteiger partial charge < -0.3 is 14.4 Å². The second kappa shape index (κ2) is 9.65. The molecule has 8 heteroatoms. The minimum Gasteiger partial charge on any atom is -0.468 e. The summed E-state index contributed by atoms with van der Waals surface area (Å²) in [5, 5.41) is 0. The van der Waals surface area contributed by atoms with Gasteiger partial charge in [-0.05, 0) is 56.2 Å². The predicted molar refractivity (Wildman–Crippen MR) is 115 cm³/mol. The number of rotatable bonds is 4. The Balaban J connectivity index is 1.97. The summed E-state index contributed by atoms with van der Waals surface area (Å²) in [5.41, 5.74) is 0.801. The summed E-state index contributed by atoms with van der Waals surface area (Å²) >= 11 is 0. The third-order valence-corrected chi connectivity index (χ3v) is 5.25. The van der Waals surface area contributed by atoms with Crippen molar-refractivity contribution in [2.24, 2.45) is 0 Å². The highest BCUT2D eigenvalue weighted by Gasteiger charge is 2.40. The van der Waals surface area contributed by atoms with Gasteiger partial charge in [-0.15, -0.1) is 0 Å². The van der Waals surface area contributed by atoms with Gasteiger partial charge in [0.15, 0.2) is 0 Å². The molecule has 0 bridgehead atoms. The van der Waals surface area contributed by atoms with Crippen molar-refractivity contribution < 1.29 is 27.8 Å². The molecule has 1 saturated heterocycles. The van der Waals surface area contributed by atoms with E-state index in [1.807, 2.05) is 4.90 Å². The highest BCUT2D eigenvalue weighted by Crippen LogP contribution is 2.33. The molecule has 0 aromatic heterocycles. The number of benzene rings is 2. The predicted octanol–water partition coefficient (Wildman–Crippen LogP) is 4.15. The first-order chi connectivity index (χ1) is 15.1. The average Bonchev–Trinajstić information content (AvgIpc) is 2.75. The summed E-state index contributed by atoms with van der Waals surface area (Å²) in [6, 6.07) is 10.7. The van der Waals surface area contributed by atoms with Gasteiger partial charge in [-0.25, -0.2) is 13.6 Å². The zero-order valence-electron chi connectivity index (χ0n) is 18.7. The van der Waals surface area contributed by atoms with Crippen LogP contribution in [0, 0.1) is 11.6 Å². The molecule has 1 atom stereocenters. The van der Waals surface area contributed by atoms with Gasteiger partial charge in [-0.3, -0.25) is 9.69 Å². The molecule has 1 unspecified atom stereocenters. The molecular weight excluding hydrogens is 418 g/mol. The highest BCUT2D eigenvalue weighted by atomic mass is 19.1. The number of halogens is 2. The molecule has 172 valence electrons. The molecule has 2 aromatic carbocycles. The first kappa shape index (κ1) is 23.7. The number of nitrogens with zero attached hydrogens (tertiary/aromatic N) is 2. The maximum atomic E-state index is 13.6. The standard InChI is InChI=1S/C24H28F2N2O4/c1-24(2,3)32-23(30)27-13-14-28(20(15-27)22(29)31-4)21(16-5-9-18(25)10-6-16)17-7-11-19(26)12-8-17/h5-12,20-21H,13-15H2,1-4H3. The highest BCUT2D eigenvalue weighted by molar-refractivity contribution is 5.78. The van der Waals surface area contributed by atoms with Crippen LogP contribution in [0.25, 0.3) is 0 Å². The first-order valence-corrected chi connectivity index (χ1v) is 10.4. The van der Waals surface area contributed by atoms with Crippen LogP contribution in [-0.4, -0.2) is 60.2 Å². The van der Waals surface area contributed by atoms with E-state index < -0.39 is 29.7 Å². The Kier molecular flexibility index (Phi) is 7.13. The van der Waals surface area contributed by atoms with Crippen molar-refractivity contribution in [2.45, 2.75) is 38.5 Å². The second-order valence-electron chi connectivity index (χ2n) is 8.71. The average molecular weight is 446 g/mol. The van der Waals surface area contributed by atoms with Crippen LogP contribution in [0.5, 0.6) is 0 Å². The number of carbonyl (C=O) groups is 2. The Hall–Kier alpha value is -3.00. The number of amides is 1. The quantitative estimate of drug-likeness (QED) is 0.661. The lowest BCUT2D eigenvalue weighted by Gasteiger charge is -2.44. The SMILES string of the molecule is COC(=O)C1CN(C(=O)OC(C)(C)C)CCN1C(c1ccc(F)cc1)c1ccc(F)cc1. The lowest BCUT2D eigenvalue weighted by atomic mass is 9.94. The van der Waals surface area contributed by atoms with Gasteiger partial charge in [0, 0.05) is 13.1 Å². The minimum absolute atomic E-state index is 0.0699. The van der Waals surface area contributed by atoms with E-state index in [9.17, 15) is 18.4 Å². The van der Waals surface area contributed by atoms with Crippen LogP contribution in [0.1, 0.15) is 37.9 Å². The van der Waals surface area contributed by atoms with Crippen molar-refractivity contribution in [2.75, 3.05) is 26.7 Å². The molecule has 1 aliphatic rings. The Bertz CT molecular complexity index is 896. The molecule has 0 saturated carbocycles. The Morgan fingerprint density at radius 2 is 1.44 bits per heavy atom. The van der Waals surface area contributed by atoms with Gasteiger partial charge in [-0.2, -0.15) is 0 Å². The van der Waals surface area contributed by atoms with E-state index in [0.29, 0.717) is 13.1 Å². The molecule has 32 heavy (non-hydrogen) atoms. The molecule has 0 radical (unpaired) electrons. The third-order valence-electron chi connectivity index (χ3n) is 5.25. The lowest BCUT2D eigenvalue weighted by Crippen LogP contribution is -2.59. The van der Waals surface area contributed by atoms with Crippen LogP contribution in [-0.2, 0) is 14.3 Å². The molecule has 0 N–H and O–H groups in total. The number of ether oxygens (including phenoxy) is 2. The van der Waals surface area contributed by atoms with E-state index in [1.165, 1.54) is 36.3 Å². The summed E-state index contributed by atoms with van der Waals surface area (Å²) in [7, 11) is 1.29. The number of esters is 1. The fourth-order valence-electron chi connectivity index (χ4n) is 3.81. The molecule has 1 aliphatic heterocycles. The van der Waals surface area contributed by atoms with E-state index in [4.69, 9.17) is 9.47 Å². The number of piperazine rings is 1. The van der Waals surface area contributed by atoms with Crippen molar-refractivity contribution in [1.29, 1.82) is 0 Å². The molecule has 1 fully saturated rings. The zero-order valence-corrected chi connectivity index (χ0v) is 18.7. The van der Waals surface area contributed by atoms with Gasteiger partial charge >= 0.3 is 12.1 Å². The molecule has 1 amide bonds. The normalized spacial score (nSPS) is 17.3. The fourth-order valence-corrected chi connectivity index (χ4v) is 3.81. The van der Waals surface area contributed by atoms with Gasteiger partial charge in [0.05, 0.1) is 19.7 Å². The fraction of sp³-hybridized carbons (Fsp3) is 0.417. The van der Waals surface area contributed by atoms with E-state index in [1.54, 1.807) is 45.0 Å². The van der Waals surface area contributed by atoms with Crippen molar-refractivity contribution >= 4 is 12.1 Å². The molecular formula is C24H28F2N2O4. The summed E-state index contributed by atoms with van der Waals surface area (Å²) in [6.45, 7) is 6.05. The van der Waals surface area contributed by atoms with Gasteiger partial charge in [0.25, 0.3) is 0 Å². The number of hydrogen-bond donors (Lipinski definition) is 0. The van der Waals surface area contributed by atoms with E-state index in [2.05, 4.69) is 0 Å². The van der Waals surface area contributed by atoms with Crippen molar-refractivity contribution in [1.82, 2.24) is 9.80 Å². The summed E-state index contributed by atoms with van der Waals surface area (Å²) in [4.78, 5) is 28.7. The largest absolute Gasteiger partial charge is 0.468 e. The van der Waals surface area contributed by atoms with Crippen molar-refractivity contribution in [3.05, 3.63) is 71.3 Å². The van der Waals surface area contributed by atoms with Crippen LogP contribution in [0.15, 0.2) is 48.5 Å². The molecule has 1 heterocycles. The smallest absolute Gasteiger partial charge is 0.410 e. The van der Waals surface area contributed by atoms with Gasteiger partial charge in [0.1, 0.15) is 23.3 Å². The maximum Gasteiger partial charge on any atom is 0.410 e. The maximum absolute atomic E-state index is 13.6. The van der Waals surface area contributed by atoms with E-state index in [-0.39, 0.29) is 18.2 Å². The zero-order chi connectivity index (χ0) is 23.5. The summed E-state index contributed by atoms with van der Waals surface area (Å²) < 4.78 is 37.7.